The quantitative estimate of drug-likeness (QED) is 0.452. The molecule has 86 valence electrons. The van der Waals surface area contributed by atoms with Gasteiger partial charge in [-0.2, -0.15) is 0 Å². The minimum atomic E-state index is -1.18. The van der Waals surface area contributed by atoms with Crippen molar-refractivity contribution in [3.8, 4) is 11.5 Å². The van der Waals surface area contributed by atoms with Crippen LogP contribution in [0.15, 0.2) is 12.1 Å². The number of hydrogen-bond acceptors (Lipinski definition) is 4. The Bertz CT molecular complexity index is 446. The topological polar surface area (TPSA) is 93.4 Å². The molecule has 0 spiro atoms. The maximum absolute atomic E-state index is 13.4. The van der Waals surface area contributed by atoms with Crippen LogP contribution in [0.2, 0.25) is 0 Å². The van der Waals surface area contributed by atoms with Crippen molar-refractivity contribution in [2.24, 2.45) is 0 Å². The summed E-state index contributed by atoms with van der Waals surface area (Å²) in [4.78, 5) is 11.2. The van der Waals surface area contributed by atoms with Crippen LogP contribution >= 0.6 is 0 Å². The summed E-state index contributed by atoms with van der Waals surface area (Å²) >= 11 is 0. The van der Waals surface area contributed by atoms with Crippen molar-refractivity contribution in [2.45, 2.75) is 6.92 Å². The molecule has 0 aliphatic rings. The van der Waals surface area contributed by atoms with Crippen molar-refractivity contribution in [1.29, 1.82) is 5.41 Å². The van der Waals surface area contributed by atoms with Gasteiger partial charge >= 0.3 is 0 Å². The van der Waals surface area contributed by atoms with Gasteiger partial charge in [0, 0.05) is 12.1 Å². The number of hydrogen-bond donors (Lipinski definition) is 4. The summed E-state index contributed by atoms with van der Waals surface area (Å²) in [6.07, 6.45) is 0. The zero-order chi connectivity index (χ0) is 12.3. The lowest BCUT2D eigenvalue weighted by atomic mass is 10.1. The monoisotopic (exact) mass is 226 g/mol. The van der Waals surface area contributed by atoms with E-state index in [4.69, 9.17) is 15.6 Å². The van der Waals surface area contributed by atoms with E-state index in [1.54, 1.807) is 6.92 Å². The van der Waals surface area contributed by atoms with E-state index < -0.39 is 28.9 Å². The van der Waals surface area contributed by atoms with E-state index in [0.29, 0.717) is 6.54 Å². The largest absolute Gasteiger partial charge is 0.504 e. The Morgan fingerprint density at radius 2 is 2.12 bits per heavy atom. The van der Waals surface area contributed by atoms with E-state index in [1.165, 1.54) is 0 Å². The lowest BCUT2D eigenvalue weighted by Crippen LogP contribution is -2.31. The Hall–Kier alpha value is -2.11. The molecule has 0 saturated carbocycles. The van der Waals surface area contributed by atoms with Gasteiger partial charge in [0.2, 0.25) is 0 Å². The Labute approximate surface area is 91.0 Å². The molecule has 0 radical (unpaired) electrons. The molecule has 0 saturated heterocycles. The van der Waals surface area contributed by atoms with Crippen LogP contribution in [-0.4, -0.2) is 28.4 Å². The van der Waals surface area contributed by atoms with Gasteiger partial charge in [-0.15, -0.1) is 0 Å². The lowest BCUT2D eigenvalue weighted by Gasteiger charge is -2.07. The van der Waals surface area contributed by atoms with Crippen molar-refractivity contribution in [3.05, 3.63) is 23.5 Å². The van der Waals surface area contributed by atoms with Crippen molar-refractivity contribution >= 4 is 11.6 Å². The number of amides is 1. The first-order valence-electron chi connectivity index (χ1n) is 4.56. The second kappa shape index (κ2) is 4.61. The molecule has 16 heavy (non-hydrogen) atoms. The molecule has 4 N–H and O–H groups in total. The lowest BCUT2D eigenvalue weighted by molar-refractivity contribution is -0.114. The third-order valence-electron chi connectivity index (χ3n) is 1.93. The minimum Gasteiger partial charge on any atom is -0.504 e. The van der Waals surface area contributed by atoms with Gasteiger partial charge in [0.15, 0.2) is 17.3 Å². The Balaban J connectivity index is 3.10. The normalized spacial score (nSPS) is 9.88. The van der Waals surface area contributed by atoms with Gasteiger partial charge < -0.3 is 15.5 Å². The van der Waals surface area contributed by atoms with Crippen LogP contribution in [0, 0.1) is 11.2 Å². The molecule has 0 aromatic heterocycles. The fourth-order valence-electron chi connectivity index (χ4n) is 1.12. The number of benzene rings is 1. The molecule has 1 aromatic carbocycles. The highest BCUT2D eigenvalue weighted by molar-refractivity contribution is 6.44. The summed E-state index contributed by atoms with van der Waals surface area (Å²) in [5, 5.41) is 27.8. The molecular weight excluding hydrogens is 215 g/mol. The number of aromatic hydroxyl groups is 2. The zero-order valence-electron chi connectivity index (χ0n) is 8.54. The first kappa shape index (κ1) is 12.0. The van der Waals surface area contributed by atoms with Crippen LogP contribution < -0.4 is 5.32 Å². The third kappa shape index (κ3) is 2.10. The predicted molar refractivity (Wildman–Crippen MR) is 55.2 cm³/mol. The molecule has 1 rings (SSSR count). The predicted octanol–water partition coefficient (Wildman–Crippen LogP) is 0.741. The van der Waals surface area contributed by atoms with Crippen LogP contribution in [0.1, 0.15) is 12.5 Å². The van der Waals surface area contributed by atoms with Gasteiger partial charge in [0.05, 0.1) is 0 Å². The standard InChI is InChI=1S/C10H11FN2O3/c1-2-13-10(16)8(12)5-3-4-6(14)9(15)7(5)11/h3-4,12,14-15H,2H2,1H3,(H,13,16). The van der Waals surface area contributed by atoms with Crippen LogP contribution in [-0.2, 0) is 4.79 Å². The number of likely N-dealkylation sites (N-methyl/N-ethyl adjacent to an activating group) is 1. The highest BCUT2D eigenvalue weighted by Crippen LogP contribution is 2.29. The molecule has 0 atom stereocenters. The van der Waals surface area contributed by atoms with Crippen molar-refractivity contribution in [3.63, 3.8) is 0 Å². The van der Waals surface area contributed by atoms with Gasteiger partial charge in [-0.05, 0) is 19.1 Å². The summed E-state index contributed by atoms with van der Waals surface area (Å²) in [6.45, 7) is 1.97. The second-order valence-electron chi connectivity index (χ2n) is 3.03. The number of phenols is 2. The van der Waals surface area contributed by atoms with Gasteiger partial charge in [0.1, 0.15) is 5.71 Å². The molecule has 0 fully saturated rings. The summed E-state index contributed by atoms with van der Waals surface area (Å²) < 4.78 is 13.4. The van der Waals surface area contributed by atoms with Crippen LogP contribution in [0.3, 0.4) is 0 Å². The van der Waals surface area contributed by atoms with Crippen molar-refractivity contribution in [2.75, 3.05) is 6.54 Å². The van der Waals surface area contributed by atoms with E-state index in [-0.39, 0.29) is 5.56 Å². The van der Waals surface area contributed by atoms with E-state index in [9.17, 15) is 9.18 Å². The molecule has 6 heteroatoms. The van der Waals surface area contributed by atoms with Gasteiger partial charge in [-0.25, -0.2) is 4.39 Å². The summed E-state index contributed by atoms with van der Waals surface area (Å²) in [5.41, 5.74) is -0.962. The molecular formula is C10H11FN2O3. The van der Waals surface area contributed by atoms with Crippen LogP contribution in [0.4, 0.5) is 4.39 Å². The zero-order valence-corrected chi connectivity index (χ0v) is 8.54. The van der Waals surface area contributed by atoms with Gasteiger partial charge in [-0.3, -0.25) is 10.2 Å². The average Bonchev–Trinajstić information content (AvgIpc) is 2.26. The molecule has 5 nitrogen and oxygen atoms in total. The first-order valence-corrected chi connectivity index (χ1v) is 4.56. The second-order valence-corrected chi connectivity index (χ2v) is 3.03. The summed E-state index contributed by atoms with van der Waals surface area (Å²) in [7, 11) is 0. The molecule has 1 aromatic rings. The van der Waals surface area contributed by atoms with E-state index in [2.05, 4.69) is 5.32 Å². The third-order valence-corrected chi connectivity index (χ3v) is 1.93. The molecule has 0 unspecified atom stereocenters. The number of halogens is 1. The molecule has 1 amide bonds. The SMILES string of the molecule is CCNC(=O)C(=N)c1ccc(O)c(O)c1F. The highest BCUT2D eigenvalue weighted by Gasteiger charge is 2.19. The minimum absolute atomic E-state index is 0.312. The van der Waals surface area contributed by atoms with E-state index in [0.717, 1.165) is 12.1 Å². The number of carbonyl (C=O) groups excluding carboxylic acids is 1. The number of carbonyl (C=O) groups is 1. The average molecular weight is 226 g/mol. The smallest absolute Gasteiger partial charge is 0.269 e. The van der Waals surface area contributed by atoms with E-state index in [1.807, 2.05) is 0 Å². The molecule has 0 heterocycles. The molecule has 0 aliphatic heterocycles. The number of nitrogens with one attached hydrogen (secondary N) is 2. The summed E-state index contributed by atoms with van der Waals surface area (Å²) in [5.74, 6) is -3.53. The molecule has 0 aliphatic carbocycles. The fraction of sp³-hybridized carbons (Fsp3) is 0.200. The Morgan fingerprint density at radius 3 is 2.69 bits per heavy atom. The van der Waals surface area contributed by atoms with E-state index >= 15 is 0 Å². The maximum atomic E-state index is 13.4. The van der Waals surface area contributed by atoms with Gasteiger partial charge in [-0.1, -0.05) is 0 Å². The maximum Gasteiger partial charge on any atom is 0.269 e. The number of rotatable bonds is 3. The van der Waals surface area contributed by atoms with Crippen LogP contribution in [0.5, 0.6) is 11.5 Å². The Morgan fingerprint density at radius 1 is 1.50 bits per heavy atom. The number of phenolic OH excluding ortho intramolecular Hbond substituents is 2. The fourth-order valence-corrected chi connectivity index (χ4v) is 1.12. The van der Waals surface area contributed by atoms with Crippen molar-refractivity contribution in [1.82, 2.24) is 5.32 Å². The highest BCUT2D eigenvalue weighted by atomic mass is 19.1. The molecule has 0 bridgehead atoms. The Kier molecular flexibility index (Phi) is 3.44. The van der Waals surface area contributed by atoms with Crippen molar-refractivity contribution < 1.29 is 19.4 Å². The summed E-state index contributed by atoms with van der Waals surface area (Å²) in [6, 6.07) is 2.07. The first-order chi connectivity index (χ1) is 7.49. The van der Waals surface area contributed by atoms with Gasteiger partial charge in [0.25, 0.3) is 5.91 Å². The van der Waals surface area contributed by atoms with Crippen LogP contribution in [0.25, 0.3) is 0 Å².